The van der Waals surface area contributed by atoms with E-state index in [0.29, 0.717) is 13.0 Å². The van der Waals surface area contributed by atoms with Crippen molar-refractivity contribution in [2.45, 2.75) is 18.6 Å². The molecule has 0 radical (unpaired) electrons. The van der Waals surface area contributed by atoms with E-state index in [1.165, 1.54) is 0 Å². The number of hydrogen-bond donors (Lipinski definition) is 2. The molecule has 0 aliphatic carbocycles. The Morgan fingerprint density at radius 2 is 2.38 bits per heavy atom. The molecule has 0 heterocycles. The fourth-order valence-electron chi connectivity index (χ4n) is 0.415. The van der Waals surface area contributed by atoms with Gasteiger partial charge in [-0.15, -0.1) is 0 Å². The monoisotopic (exact) mass is 133 g/mol. The Morgan fingerprint density at radius 3 is 2.50 bits per heavy atom. The molecule has 0 aliphatic rings. The molecule has 0 fully saturated rings. The zero-order chi connectivity index (χ0) is 6.57. The van der Waals surface area contributed by atoms with Gasteiger partial charge in [0.15, 0.2) is 0 Å². The summed E-state index contributed by atoms with van der Waals surface area (Å²) in [6.07, 6.45) is 0.486. The van der Waals surface area contributed by atoms with E-state index in [-0.39, 0.29) is 11.0 Å². The molecule has 0 aliphatic heterocycles. The van der Waals surface area contributed by atoms with Crippen molar-refractivity contribution in [3.05, 3.63) is 0 Å². The zero-order valence-electron chi connectivity index (χ0n) is 4.92. The highest BCUT2D eigenvalue weighted by Crippen LogP contribution is 1.97. The molecule has 1 atom stereocenters. The van der Waals surface area contributed by atoms with Gasteiger partial charge < -0.3 is 5.73 Å². The van der Waals surface area contributed by atoms with Gasteiger partial charge >= 0.3 is 0 Å². The van der Waals surface area contributed by atoms with Gasteiger partial charge in [0.25, 0.3) is 0 Å². The van der Waals surface area contributed by atoms with Crippen LogP contribution in [0.4, 0.5) is 0 Å². The van der Waals surface area contributed by atoms with E-state index in [9.17, 15) is 4.79 Å². The van der Waals surface area contributed by atoms with Crippen LogP contribution in [0, 0.1) is 0 Å². The number of carbonyl (C=O) groups is 1. The van der Waals surface area contributed by atoms with E-state index in [0.717, 1.165) is 0 Å². The number of Topliss-reactive ketones (excluding diaryl/α,β-unsaturated/α-hetero) is 1. The van der Waals surface area contributed by atoms with Gasteiger partial charge in [-0.25, -0.2) is 0 Å². The molecule has 2 N–H and O–H groups in total. The van der Waals surface area contributed by atoms with Crippen LogP contribution in [0.5, 0.6) is 0 Å². The van der Waals surface area contributed by atoms with Gasteiger partial charge in [0.2, 0.25) is 0 Å². The van der Waals surface area contributed by atoms with Gasteiger partial charge in [0.1, 0.15) is 5.78 Å². The number of hydrogen-bond acceptors (Lipinski definition) is 3. The SMILES string of the molecule is CC(=O)CC(S)CN. The van der Waals surface area contributed by atoms with Gasteiger partial charge in [-0.2, -0.15) is 12.6 Å². The zero-order valence-corrected chi connectivity index (χ0v) is 5.82. The van der Waals surface area contributed by atoms with Crippen LogP contribution < -0.4 is 5.73 Å². The molecule has 0 aromatic heterocycles. The molecule has 8 heavy (non-hydrogen) atoms. The van der Waals surface area contributed by atoms with E-state index in [1.54, 1.807) is 6.92 Å². The van der Waals surface area contributed by atoms with Crippen LogP contribution in [-0.4, -0.2) is 17.6 Å². The Labute approximate surface area is 54.9 Å². The van der Waals surface area contributed by atoms with Crippen molar-refractivity contribution in [2.24, 2.45) is 5.73 Å². The van der Waals surface area contributed by atoms with Crippen LogP contribution in [0.2, 0.25) is 0 Å². The third kappa shape index (κ3) is 4.15. The summed E-state index contributed by atoms with van der Waals surface area (Å²) in [5.41, 5.74) is 5.19. The molecule has 0 rings (SSSR count). The fraction of sp³-hybridized carbons (Fsp3) is 0.800. The molecule has 0 saturated carbocycles. The summed E-state index contributed by atoms with van der Waals surface area (Å²) in [4.78, 5) is 10.3. The Hall–Kier alpha value is -0.0200. The van der Waals surface area contributed by atoms with Crippen LogP contribution in [0.25, 0.3) is 0 Å². The predicted molar refractivity (Wildman–Crippen MR) is 37.1 cm³/mol. The van der Waals surface area contributed by atoms with E-state index >= 15 is 0 Å². The first-order valence-corrected chi connectivity index (χ1v) is 3.06. The molecule has 48 valence electrons. The second-order valence-electron chi connectivity index (χ2n) is 1.80. The topological polar surface area (TPSA) is 43.1 Å². The molecule has 3 heteroatoms. The van der Waals surface area contributed by atoms with E-state index < -0.39 is 0 Å². The number of nitrogens with two attached hydrogens (primary N) is 1. The lowest BCUT2D eigenvalue weighted by molar-refractivity contribution is -0.116. The maximum atomic E-state index is 10.3. The first-order valence-electron chi connectivity index (χ1n) is 2.54. The third-order valence-electron chi connectivity index (χ3n) is 0.795. The first kappa shape index (κ1) is 7.98. The van der Waals surface area contributed by atoms with Gasteiger partial charge in [-0.1, -0.05) is 0 Å². The van der Waals surface area contributed by atoms with Crippen LogP contribution in [0.3, 0.4) is 0 Å². The number of ketones is 1. The van der Waals surface area contributed by atoms with Crippen LogP contribution in [-0.2, 0) is 4.79 Å². The Balaban J connectivity index is 3.24. The quantitative estimate of drug-likeness (QED) is 0.541. The summed E-state index contributed by atoms with van der Waals surface area (Å²) < 4.78 is 0. The standard InChI is InChI=1S/C5H11NOS/c1-4(7)2-5(8)3-6/h5,8H,2-3,6H2,1H3. The van der Waals surface area contributed by atoms with Crippen molar-refractivity contribution in [2.75, 3.05) is 6.54 Å². The van der Waals surface area contributed by atoms with Crippen molar-refractivity contribution < 1.29 is 4.79 Å². The number of carbonyl (C=O) groups excluding carboxylic acids is 1. The minimum absolute atomic E-state index is 0.0486. The highest BCUT2D eigenvalue weighted by atomic mass is 32.1. The molecule has 0 aromatic rings. The van der Waals surface area contributed by atoms with Crippen molar-refractivity contribution in [1.82, 2.24) is 0 Å². The smallest absolute Gasteiger partial charge is 0.130 e. The Kier molecular flexibility index (Phi) is 3.91. The Bertz CT molecular complexity index is 84.5. The fourth-order valence-corrected chi connectivity index (χ4v) is 0.672. The van der Waals surface area contributed by atoms with E-state index in [4.69, 9.17) is 5.73 Å². The van der Waals surface area contributed by atoms with Crippen LogP contribution in [0.1, 0.15) is 13.3 Å². The molecular formula is C5H11NOS. The molecule has 0 saturated heterocycles. The second-order valence-corrected chi connectivity index (χ2v) is 2.53. The van der Waals surface area contributed by atoms with Gasteiger partial charge in [-0.05, 0) is 6.92 Å². The lowest BCUT2D eigenvalue weighted by Gasteiger charge is -2.01. The van der Waals surface area contributed by atoms with Gasteiger partial charge in [0, 0.05) is 18.2 Å². The third-order valence-corrected chi connectivity index (χ3v) is 1.19. The van der Waals surface area contributed by atoms with E-state index in [2.05, 4.69) is 12.6 Å². The molecule has 0 spiro atoms. The maximum Gasteiger partial charge on any atom is 0.130 e. The normalized spacial score (nSPS) is 13.4. The van der Waals surface area contributed by atoms with Gasteiger partial charge in [-0.3, -0.25) is 4.79 Å². The summed E-state index contributed by atoms with van der Waals surface area (Å²) in [5.74, 6) is 0.149. The molecule has 0 aromatic carbocycles. The summed E-state index contributed by atoms with van der Waals surface area (Å²) in [6.45, 7) is 2.02. The average Bonchev–Trinajstić information content (AvgIpc) is 1.65. The summed E-state index contributed by atoms with van der Waals surface area (Å²) in [5, 5.41) is 0.0486. The summed E-state index contributed by atoms with van der Waals surface area (Å²) >= 11 is 4.02. The van der Waals surface area contributed by atoms with Crippen LogP contribution >= 0.6 is 12.6 Å². The van der Waals surface area contributed by atoms with Gasteiger partial charge in [0.05, 0.1) is 0 Å². The molecule has 1 unspecified atom stereocenters. The molecule has 0 amide bonds. The minimum atomic E-state index is 0.0486. The lowest BCUT2D eigenvalue weighted by Crippen LogP contribution is -2.16. The van der Waals surface area contributed by atoms with Crippen molar-refractivity contribution in [3.63, 3.8) is 0 Å². The molecule has 0 bridgehead atoms. The van der Waals surface area contributed by atoms with Crippen LogP contribution in [0.15, 0.2) is 0 Å². The second kappa shape index (κ2) is 3.92. The predicted octanol–water partition coefficient (Wildman–Crippen LogP) is 0.223. The van der Waals surface area contributed by atoms with E-state index in [1.807, 2.05) is 0 Å². The lowest BCUT2D eigenvalue weighted by atomic mass is 10.2. The van der Waals surface area contributed by atoms with Crippen molar-refractivity contribution in [3.8, 4) is 0 Å². The highest BCUT2D eigenvalue weighted by molar-refractivity contribution is 7.81. The summed E-state index contributed by atoms with van der Waals surface area (Å²) in [6, 6.07) is 0. The first-order chi connectivity index (χ1) is 3.66. The summed E-state index contributed by atoms with van der Waals surface area (Å²) in [7, 11) is 0. The van der Waals surface area contributed by atoms with Crippen molar-refractivity contribution in [1.29, 1.82) is 0 Å². The Morgan fingerprint density at radius 1 is 1.88 bits per heavy atom. The highest BCUT2D eigenvalue weighted by Gasteiger charge is 2.01. The largest absolute Gasteiger partial charge is 0.329 e. The number of thiol groups is 1. The maximum absolute atomic E-state index is 10.3. The molecule has 2 nitrogen and oxygen atoms in total. The minimum Gasteiger partial charge on any atom is -0.329 e. The molecular weight excluding hydrogens is 122 g/mol. The van der Waals surface area contributed by atoms with Crippen molar-refractivity contribution >= 4 is 18.4 Å². The average molecular weight is 133 g/mol. The number of rotatable bonds is 3.